The molecule has 1 aromatic carbocycles. The number of rotatable bonds is 4. The first-order valence-electron chi connectivity index (χ1n) is 11.2. The van der Waals surface area contributed by atoms with E-state index in [9.17, 15) is 13.6 Å². The molecule has 30 heavy (non-hydrogen) atoms. The van der Waals surface area contributed by atoms with Crippen molar-refractivity contribution in [2.75, 3.05) is 26.8 Å². The van der Waals surface area contributed by atoms with Crippen LogP contribution in [0, 0.1) is 11.6 Å². The summed E-state index contributed by atoms with van der Waals surface area (Å²) in [5.74, 6) is -0.912. The van der Waals surface area contributed by atoms with Crippen LogP contribution in [0.2, 0.25) is 0 Å². The second-order valence-electron chi connectivity index (χ2n) is 8.78. The minimum Gasteiger partial charge on any atom is -0.493 e. The van der Waals surface area contributed by atoms with E-state index in [0.29, 0.717) is 24.3 Å². The number of carbonyl (C=O) groups is 1. The number of hydrogen-bond donors (Lipinski definition) is 0. The Balaban J connectivity index is 1.40. The van der Waals surface area contributed by atoms with Gasteiger partial charge in [0.15, 0.2) is 11.6 Å². The summed E-state index contributed by atoms with van der Waals surface area (Å²) in [6.45, 7) is 4.06. The lowest BCUT2D eigenvalue weighted by atomic mass is 9.86. The SMILES string of the molecule is CCOC(=O)N1C2CCC(N3CCC(c4cc(F)cc(F)c4OC)CC3)CC1CC2. The zero-order valence-corrected chi connectivity index (χ0v) is 17.9. The van der Waals surface area contributed by atoms with Crippen LogP contribution in [0.4, 0.5) is 13.6 Å². The van der Waals surface area contributed by atoms with Gasteiger partial charge in [0, 0.05) is 29.8 Å². The normalized spacial score (nSPS) is 27.7. The first kappa shape index (κ1) is 21.3. The molecule has 0 radical (unpaired) electrons. The van der Waals surface area contributed by atoms with Crippen molar-refractivity contribution in [1.82, 2.24) is 9.80 Å². The van der Waals surface area contributed by atoms with Gasteiger partial charge in [0.05, 0.1) is 13.7 Å². The molecule has 5 nitrogen and oxygen atoms in total. The quantitative estimate of drug-likeness (QED) is 0.706. The third-order valence-electron chi connectivity index (χ3n) is 7.20. The number of nitrogens with zero attached hydrogens (tertiary/aromatic N) is 2. The first-order valence-corrected chi connectivity index (χ1v) is 11.2. The van der Waals surface area contributed by atoms with Gasteiger partial charge >= 0.3 is 6.09 Å². The van der Waals surface area contributed by atoms with Crippen molar-refractivity contribution in [3.05, 3.63) is 29.3 Å². The van der Waals surface area contributed by atoms with E-state index in [1.54, 1.807) is 0 Å². The molecule has 1 amide bonds. The standard InChI is InChI=1S/C23H32F2N2O3/c1-3-30-23(28)27-17-4-6-18(14-19(27)7-5-17)26-10-8-15(9-11-26)20-12-16(24)13-21(25)22(20)29-2/h12-13,15,17-19H,3-11,14H2,1-2H3. The molecule has 3 atom stereocenters. The molecule has 0 saturated carbocycles. The minimum absolute atomic E-state index is 0.0969. The van der Waals surface area contributed by atoms with Crippen LogP contribution in [0.1, 0.15) is 63.4 Å². The van der Waals surface area contributed by atoms with E-state index in [4.69, 9.17) is 9.47 Å². The van der Waals surface area contributed by atoms with E-state index in [2.05, 4.69) is 4.90 Å². The highest BCUT2D eigenvalue weighted by molar-refractivity contribution is 5.69. The van der Waals surface area contributed by atoms with E-state index in [1.165, 1.54) is 13.2 Å². The summed E-state index contributed by atoms with van der Waals surface area (Å²) in [5, 5.41) is 0. The molecule has 0 N–H and O–H groups in total. The number of ether oxygens (including phenoxy) is 2. The smallest absolute Gasteiger partial charge is 0.410 e. The Hall–Kier alpha value is -1.89. The van der Waals surface area contributed by atoms with Crippen LogP contribution in [0.25, 0.3) is 0 Å². The highest BCUT2D eigenvalue weighted by Crippen LogP contribution is 2.40. The fourth-order valence-corrected chi connectivity index (χ4v) is 5.79. The number of piperidine rings is 1. The zero-order valence-electron chi connectivity index (χ0n) is 17.9. The maximum atomic E-state index is 14.1. The van der Waals surface area contributed by atoms with Crippen molar-refractivity contribution in [3.8, 4) is 5.75 Å². The van der Waals surface area contributed by atoms with E-state index in [0.717, 1.165) is 64.1 Å². The van der Waals surface area contributed by atoms with Crippen LogP contribution < -0.4 is 4.74 Å². The Morgan fingerprint density at radius 2 is 1.70 bits per heavy atom. The molecular formula is C23H32F2N2O3. The van der Waals surface area contributed by atoms with Gasteiger partial charge in [-0.2, -0.15) is 0 Å². The number of fused-ring (bicyclic) bond motifs is 2. The van der Waals surface area contributed by atoms with Gasteiger partial charge in [0.2, 0.25) is 0 Å². The second kappa shape index (κ2) is 9.08. The largest absolute Gasteiger partial charge is 0.493 e. The second-order valence-corrected chi connectivity index (χ2v) is 8.78. The van der Waals surface area contributed by atoms with Crippen LogP contribution in [0.5, 0.6) is 5.75 Å². The van der Waals surface area contributed by atoms with Gasteiger partial charge in [0.25, 0.3) is 0 Å². The highest BCUT2D eigenvalue weighted by atomic mass is 19.1. The number of carbonyl (C=O) groups excluding carboxylic acids is 1. The molecule has 0 spiro atoms. The van der Waals surface area contributed by atoms with Gasteiger partial charge in [-0.05, 0) is 76.9 Å². The maximum Gasteiger partial charge on any atom is 0.410 e. The summed E-state index contributed by atoms with van der Waals surface area (Å²) in [6.07, 6.45) is 6.75. The molecule has 3 aliphatic rings. The van der Waals surface area contributed by atoms with Gasteiger partial charge in [-0.3, -0.25) is 0 Å². The van der Waals surface area contributed by atoms with Crippen molar-refractivity contribution < 1.29 is 23.0 Å². The topological polar surface area (TPSA) is 42.0 Å². The molecule has 3 fully saturated rings. The number of hydrogen-bond acceptors (Lipinski definition) is 4. The number of benzene rings is 1. The molecule has 0 aliphatic carbocycles. The predicted octanol–water partition coefficient (Wildman–Crippen LogP) is 4.69. The van der Waals surface area contributed by atoms with Gasteiger partial charge in [-0.15, -0.1) is 0 Å². The lowest BCUT2D eigenvalue weighted by Gasteiger charge is -2.39. The van der Waals surface area contributed by atoms with Crippen molar-refractivity contribution in [1.29, 1.82) is 0 Å². The molecule has 2 bridgehead atoms. The van der Waals surface area contributed by atoms with Gasteiger partial charge < -0.3 is 19.3 Å². The molecule has 3 saturated heterocycles. The predicted molar refractivity (Wildman–Crippen MR) is 110 cm³/mol. The maximum absolute atomic E-state index is 14.1. The number of methoxy groups -OCH3 is 1. The fourth-order valence-electron chi connectivity index (χ4n) is 5.79. The van der Waals surface area contributed by atoms with Crippen LogP contribution in [-0.4, -0.2) is 60.8 Å². The first-order chi connectivity index (χ1) is 14.5. The molecule has 7 heteroatoms. The highest BCUT2D eigenvalue weighted by Gasteiger charge is 2.43. The molecule has 4 rings (SSSR count). The van der Waals surface area contributed by atoms with Crippen LogP contribution >= 0.6 is 0 Å². The molecule has 3 unspecified atom stereocenters. The van der Waals surface area contributed by atoms with Crippen molar-refractivity contribution in [2.45, 2.75) is 75.9 Å². The zero-order chi connectivity index (χ0) is 21.3. The molecule has 166 valence electrons. The van der Waals surface area contributed by atoms with Gasteiger partial charge in [0.1, 0.15) is 5.82 Å². The number of halogens is 2. The number of amides is 1. The van der Waals surface area contributed by atoms with Crippen LogP contribution in [-0.2, 0) is 4.74 Å². The minimum atomic E-state index is -0.631. The van der Waals surface area contributed by atoms with E-state index in [1.807, 2.05) is 11.8 Å². The van der Waals surface area contributed by atoms with Gasteiger partial charge in [-0.1, -0.05) is 0 Å². The Bertz CT molecular complexity index is 767. The summed E-state index contributed by atoms with van der Waals surface area (Å²) < 4.78 is 38.4. The average Bonchev–Trinajstić information content (AvgIpc) is 3.02. The van der Waals surface area contributed by atoms with E-state index < -0.39 is 11.6 Å². The summed E-state index contributed by atoms with van der Waals surface area (Å²) >= 11 is 0. The Labute approximate surface area is 177 Å². The summed E-state index contributed by atoms with van der Waals surface area (Å²) in [6, 6.07) is 3.31. The van der Waals surface area contributed by atoms with Gasteiger partial charge in [-0.25, -0.2) is 13.6 Å². The third-order valence-corrected chi connectivity index (χ3v) is 7.20. The summed E-state index contributed by atoms with van der Waals surface area (Å²) in [7, 11) is 1.44. The molecule has 0 aromatic heterocycles. The van der Waals surface area contributed by atoms with Crippen molar-refractivity contribution in [3.63, 3.8) is 0 Å². The summed E-state index contributed by atoms with van der Waals surface area (Å²) in [5.41, 5.74) is 0.642. The lowest BCUT2D eigenvalue weighted by molar-refractivity contribution is 0.0844. The van der Waals surface area contributed by atoms with Crippen molar-refractivity contribution >= 4 is 6.09 Å². The molecule has 3 heterocycles. The fraction of sp³-hybridized carbons (Fsp3) is 0.696. The Morgan fingerprint density at radius 1 is 1.03 bits per heavy atom. The van der Waals surface area contributed by atoms with E-state index >= 15 is 0 Å². The molecular weight excluding hydrogens is 390 g/mol. The Morgan fingerprint density at radius 3 is 2.37 bits per heavy atom. The molecule has 1 aromatic rings. The van der Waals surface area contributed by atoms with E-state index in [-0.39, 0.29) is 23.8 Å². The Kier molecular flexibility index (Phi) is 6.46. The van der Waals surface area contributed by atoms with Crippen LogP contribution in [0.15, 0.2) is 12.1 Å². The summed E-state index contributed by atoms with van der Waals surface area (Å²) in [4.78, 5) is 16.9. The third kappa shape index (κ3) is 4.13. The average molecular weight is 423 g/mol. The number of likely N-dealkylation sites (tertiary alicyclic amines) is 1. The lowest BCUT2D eigenvalue weighted by Crippen LogP contribution is -2.44. The monoisotopic (exact) mass is 422 g/mol. The van der Waals surface area contributed by atoms with Crippen molar-refractivity contribution in [2.24, 2.45) is 0 Å². The molecule has 3 aliphatic heterocycles. The van der Waals surface area contributed by atoms with Crippen LogP contribution in [0.3, 0.4) is 0 Å².